The van der Waals surface area contributed by atoms with E-state index in [2.05, 4.69) is 10.4 Å². The monoisotopic (exact) mass is 401 g/mol. The molecule has 0 saturated heterocycles. The van der Waals surface area contributed by atoms with Crippen molar-refractivity contribution in [3.63, 3.8) is 0 Å². The van der Waals surface area contributed by atoms with E-state index in [1.165, 1.54) is 12.1 Å². The second-order valence-corrected chi connectivity index (χ2v) is 6.50. The molecular weight excluding hydrogens is 383 g/mol. The zero-order valence-electron chi connectivity index (χ0n) is 15.7. The highest BCUT2D eigenvalue weighted by molar-refractivity contribution is 6.43. The lowest BCUT2D eigenvalue weighted by molar-refractivity contribution is -0.137. The molecule has 3 rings (SSSR count). The number of aromatic nitrogens is 2. The SMILES string of the molecule is Cc1nn(-c2ccccc2)c(C)c1C(=O)C(=O)NCc1ccc(C(F)(F)F)cc1. The summed E-state index contributed by atoms with van der Waals surface area (Å²) in [5, 5.41) is 6.80. The molecule has 1 aromatic heterocycles. The van der Waals surface area contributed by atoms with Crippen LogP contribution in [-0.2, 0) is 17.5 Å². The number of rotatable bonds is 5. The first kappa shape index (κ1) is 20.3. The number of carbonyl (C=O) groups excluding carboxylic acids is 2. The van der Waals surface area contributed by atoms with Crippen molar-refractivity contribution in [1.29, 1.82) is 0 Å². The second kappa shape index (κ2) is 7.90. The third kappa shape index (κ3) is 4.37. The standard InChI is InChI=1S/C21H18F3N3O2/c1-13-18(14(2)27(26-13)17-6-4-3-5-7-17)19(28)20(29)25-12-15-8-10-16(11-9-15)21(22,23)24/h3-11H,12H2,1-2H3,(H,25,29). The summed E-state index contributed by atoms with van der Waals surface area (Å²) in [5.41, 5.74) is 1.59. The topological polar surface area (TPSA) is 64.0 Å². The van der Waals surface area contributed by atoms with E-state index in [0.29, 0.717) is 17.0 Å². The van der Waals surface area contributed by atoms with Crippen molar-refractivity contribution in [2.75, 3.05) is 0 Å². The molecular formula is C21H18F3N3O2. The van der Waals surface area contributed by atoms with E-state index < -0.39 is 23.4 Å². The van der Waals surface area contributed by atoms with Crippen LogP contribution in [-0.4, -0.2) is 21.5 Å². The van der Waals surface area contributed by atoms with Crippen molar-refractivity contribution in [2.24, 2.45) is 0 Å². The Balaban J connectivity index is 1.72. The minimum Gasteiger partial charge on any atom is -0.345 e. The maximum Gasteiger partial charge on any atom is 0.416 e. The van der Waals surface area contributed by atoms with Crippen LogP contribution in [0.3, 0.4) is 0 Å². The van der Waals surface area contributed by atoms with Crippen molar-refractivity contribution >= 4 is 11.7 Å². The number of nitrogens with one attached hydrogen (secondary N) is 1. The summed E-state index contributed by atoms with van der Waals surface area (Å²) in [6.45, 7) is 3.28. The lowest BCUT2D eigenvalue weighted by atomic mass is 10.1. The van der Waals surface area contributed by atoms with Gasteiger partial charge < -0.3 is 5.32 Å². The van der Waals surface area contributed by atoms with Gasteiger partial charge in [-0.15, -0.1) is 0 Å². The second-order valence-electron chi connectivity index (χ2n) is 6.50. The largest absolute Gasteiger partial charge is 0.416 e. The minimum atomic E-state index is -4.42. The molecule has 0 aliphatic heterocycles. The number of amides is 1. The van der Waals surface area contributed by atoms with Crippen molar-refractivity contribution in [1.82, 2.24) is 15.1 Å². The molecule has 150 valence electrons. The van der Waals surface area contributed by atoms with E-state index in [1.807, 2.05) is 30.3 Å². The molecule has 0 radical (unpaired) electrons. The van der Waals surface area contributed by atoms with Gasteiger partial charge in [-0.2, -0.15) is 18.3 Å². The van der Waals surface area contributed by atoms with Gasteiger partial charge in [-0.25, -0.2) is 4.68 Å². The Labute approximate surface area is 165 Å². The van der Waals surface area contributed by atoms with E-state index in [4.69, 9.17) is 0 Å². The number of hydrogen-bond donors (Lipinski definition) is 1. The average Bonchev–Trinajstić information content (AvgIpc) is 3.00. The highest BCUT2D eigenvalue weighted by Crippen LogP contribution is 2.29. The molecule has 0 fully saturated rings. The van der Waals surface area contributed by atoms with Gasteiger partial charge in [0.1, 0.15) is 0 Å². The van der Waals surface area contributed by atoms with Gasteiger partial charge in [0.15, 0.2) is 0 Å². The van der Waals surface area contributed by atoms with Crippen LogP contribution >= 0.6 is 0 Å². The number of alkyl halides is 3. The normalized spacial score (nSPS) is 11.3. The fourth-order valence-electron chi connectivity index (χ4n) is 2.98. The van der Waals surface area contributed by atoms with E-state index >= 15 is 0 Å². The molecule has 1 heterocycles. The van der Waals surface area contributed by atoms with Crippen LogP contribution < -0.4 is 5.32 Å². The summed E-state index contributed by atoms with van der Waals surface area (Å²) >= 11 is 0. The van der Waals surface area contributed by atoms with Gasteiger partial charge in [-0.05, 0) is 43.7 Å². The Hall–Kier alpha value is -3.42. The molecule has 1 amide bonds. The molecule has 1 N–H and O–H groups in total. The quantitative estimate of drug-likeness (QED) is 0.519. The molecule has 0 spiro atoms. The van der Waals surface area contributed by atoms with Gasteiger partial charge >= 0.3 is 6.18 Å². The number of carbonyl (C=O) groups is 2. The lowest BCUT2D eigenvalue weighted by Crippen LogP contribution is -2.31. The maximum absolute atomic E-state index is 12.6. The van der Waals surface area contributed by atoms with Crippen molar-refractivity contribution < 1.29 is 22.8 Å². The number of hydrogen-bond acceptors (Lipinski definition) is 3. The average molecular weight is 401 g/mol. The third-order valence-electron chi connectivity index (χ3n) is 4.46. The summed E-state index contributed by atoms with van der Waals surface area (Å²) in [5.74, 6) is -1.59. The molecule has 2 aromatic carbocycles. The van der Waals surface area contributed by atoms with Gasteiger partial charge in [-0.1, -0.05) is 30.3 Å². The van der Waals surface area contributed by atoms with E-state index in [9.17, 15) is 22.8 Å². The summed E-state index contributed by atoms with van der Waals surface area (Å²) < 4.78 is 39.4. The van der Waals surface area contributed by atoms with Gasteiger partial charge in [0, 0.05) is 6.54 Å². The van der Waals surface area contributed by atoms with Gasteiger partial charge in [0.05, 0.1) is 28.2 Å². The molecule has 0 aliphatic rings. The molecule has 0 atom stereocenters. The van der Waals surface area contributed by atoms with Crippen LogP contribution in [0.5, 0.6) is 0 Å². The van der Waals surface area contributed by atoms with Crippen LogP contribution in [0, 0.1) is 13.8 Å². The molecule has 29 heavy (non-hydrogen) atoms. The number of Topliss-reactive ketones (excluding diaryl/α,β-unsaturated/α-hetero) is 1. The fraction of sp³-hybridized carbons (Fsp3) is 0.190. The predicted molar refractivity (Wildman–Crippen MR) is 101 cm³/mol. The molecule has 0 saturated carbocycles. The molecule has 5 nitrogen and oxygen atoms in total. The van der Waals surface area contributed by atoms with Gasteiger partial charge in [0.2, 0.25) is 0 Å². The zero-order chi connectivity index (χ0) is 21.2. The number of para-hydroxylation sites is 1. The first-order chi connectivity index (χ1) is 13.7. The van der Waals surface area contributed by atoms with Gasteiger partial charge in [-0.3, -0.25) is 9.59 Å². The third-order valence-corrected chi connectivity index (χ3v) is 4.46. The van der Waals surface area contributed by atoms with Gasteiger partial charge in [0.25, 0.3) is 11.7 Å². The lowest BCUT2D eigenvalue weighted by Gasteiger charge is -2.09. The minimum absolute atomic E-state index is 0.0619. The van der Waals surface area contributed by atoms with Crippen LogP contribution in [0.2, 0.25) is 0 Å². The Morgan fingerprint density at radius 1 is 1.00 bits per heavy atom. The zero-order valence-corrected chi connectivity index (χ0v) is 15.7. The van der Waals surface area contributed by atoms with Crippen molar-refractivity contribution in [3.05, 3.63) is 82.7 Å². The van der Waals surface area contributed by atoms with E-state index in [-0.39, 0.29) is 12.1 Å². The molecule has 8 heteroatoms. The number of ketones is 1. The Morgan fingerprint density at radius 2 is 1.62 bits per heavy atom. The summed E-state index contributed by atoms with van der Waals surface area (Å²) in [4.78, 5) is 24.9. The molecule has 0 unspecified atom stereocenters. The van der Waals surface area contributed by atoms with Crippen LogP contribution in [0.4, 0.5) is 13.2 Å². The number of nitrogens with zero attached hydrogens (tertiary/aromatic N) is 2. The number of aryl methyl sites for hydroxylation is 1. The van der Waals surface area contributed by atoms with Crippen LogP contribution in [0.15, 0.2) is 54.6 Å². The number of benzene rings is 2. The van der Waals surface area contributed by atoms with E-state index in [0.717, 1.165) is 17.8 Å². The highest BCUT2D eigenvalue weighted by Gasteiger charge is 2.30. The molecule has 0 bridgehead atoms. The Morgan fingerprint density at radius 3 is 2.21 bits per heavy atom. The predicted octanol–water partition coefficient (Wildman–Crippen LogP) is 4.01. The fourth-order valence-corrected chi connectivity index (χ4v) is 2.98. The Bertz CT molecular complexity index is 1040. The first-order valence-electron chi connectivity index (χ1n) is 8.79. The summed E-state index contributed by atoms with van der Waals surface area (Å²) in [6, 6.07) is 13.6. The van der Waals surface area contributed by atoms with Crippen LogP contribution in [0.1, 0.15) is 32.9 Å². The van der Waals surface area contributed by atoms with Crippen molar-refractivity contribution in [2.45, 2.75) is 26.6 Å². The highest BCUT2D eigenvalue weighted by atomic mass is 19.4. The summed E-state index contributed by atoms with van der Waals surface area (Å²) in [6.07, 6.45) is -4.42. The van der Waals surface area contributed by atoms with Crippen molar-refractivity contribution in [3.8, 4) is 5.69 Å². The summed E-state index contributed by atoms with van der Waals surface area (Å²) in [7, 11) is 0. The Kier molecular flexibility index (Phi) is 5.54. The molecule has 0 aliphatic carbocycles. The molecule has 3 aromatic rings. The van der Waals surface area contributed by atoms with E-state index in [1.54, 1.807) is 18.5 Å². The number of halogens is 3. The maximum atomic E-state index is 12.6. The smallest absolute Gasteiger partial charge is 0.345 e. The van der Waals surface area contributed by atoms with Crippen LogP contribution in [0.25, 0.3) is 5.69 Å². The first-order valence-corrected chi connectivity index (χ1v) is 8.79.